The molecule has 3 nitrogen and oxygen atoms in total. The molecule has 1 aliphatic heterocycles. The van der Waals surface area contributed by atoms with Gasteiger partial charge in [-0.05, 0) is 73.4 Å². The van der Waals surface area contributed by atoms with Gasteiger partial charge < -0.3 is 9.88 Å². The maximum Gasteiger partial charge on any atom is 0.157 e. The summed E-state index contributed by atoms with van der Waals surface area (Å²) in [6.45, 7) is 0. The van der Waals surface area contributed by atoms with Crippen LogP contribution in [0.2, 0.25) is 0 Å². The van der Waals surface area contributed by atoms with Crippen LogP contribution in [0.15, 0.2) is 157 Å². The molecule has 11 rings (SSSR count). The Morgan fingerprint density at radius 3 is 1.96 bits per heavy atom. The van der Waals surface area contributed by atoms with Crippen LogP contribution < -0.4 is 5.32 Å². The number of fused-ring (bicyclic) bond motifs is 12. The Kier molecular flexibility index (Phi) is 5.32. The van der Waals surface area contributed by atoms with Gasteiger partial charge in [0.25, 0.3) is 0 Å². The van der Waals surface area contributed by atoms with Crippen molar-refractivity contribution in [3.8, 4) is 0 Å². The normalized spacial score (nSPS) is 14.8. The molecular weight excluding hydrogens is 603 g/mol. The smallest absolute Gasteiger partial charge is 0.157 e. The Morgan fingerprint density at radius 1 is 0.500 bits per heavy atom. The molecule has 0 saturated heterocycles. The highest BCUT2D eigenvalue weighted by atomic mass is 32.1. The first-order chi connectivity index (χ1) is 23.8. The number of hydrogen-bond donors (Lipinski definition) is 1. The zero-order chi connectivity index (χ0) is 31.3. The zero-order valence-corrected chi connectivity index (χ0v) is 26.6. The topological polar surface area (TPSA) is 29.3 Å². The van der Waals surface area contributed by atoms with Crippen LogP contribution in [0.5, 0.6) is 0 Å². The lowest BCUT2D eigenvalue weighted by Crippen LogP contribution is -2.23. The predicted octanol–water partition coefficient (Wildman–Crippen LogP) is 12.0. The molecule has 10 aromatic rings. The average Bonchev–Trinajstić information content (AvgIpc) is 3.68. The van der Waals surface area contributed by atoms with Gasteiger partial charge in [0.2, 0.25) is 0 Å². The molecule has 1 aliphatic rings. The standard InChI is InChI=1S/C44H27N3S/c1-2-12-30-25-38-36(23-29(30)11-1)40-33-14-6-4-10-27(33)21-22-37(40)47(38)43-41-34-15-7-8-16-39(34)48-44(41)46-42(45-43)31-20-19-28-18-17-26-9-3-5-13-32(26)35(28)24-31/h1-25,43H,(H,45,46). The minimum atomic E-state index is -0.266. The van der Waals surface area contributed by atoms with Gasteiger partial charge in [0.05, 0.1) is 11.0 Å². The van der Waals surface area contributed by atoms with Crippen molar-refractivity contribution in [3.63, 3.8) is 0 Å². The summed E-state index contributed by atoms with van der Waals surface area (Å²) in [4.78, 5) is 5.68. The molecular formula is C44H27N3S. The lowest BCUT2D eigenvalue weighted by Gasteiger charge is -2.26. The van der Waals surface area contributed by atoms with E-state index in [0.29, 0.717) is 0 Å². The molecule has 0 bridgehead atoms. The van der Waals surface area contributed by atoms with Gasteiger partial charge in [-0.25, -0.2) is 4.99 Å². The molecule has 1 N–H and O–H groups in total. The molecule has 0 radical (unpaired) electrons. The van der Waals surface area contributed by atoms with Crippen molar-refractivity contribution < 1.29 is 0 Å². The Hall–Kier alpha value is -5.97. The Balaban J connectivity index is 1.25. The average molecular weight is 630 g/mol. The maximum atomic E-state index is 5.68. The van der Waals surface area contributed by atoms with E-state index in [4.69, 9.17) is 4.99 Å². The number of nitrogens with zero attached hydrogens (tertiary/aromatic N) is 2. The summed E-state index contributed by atoms with van der Waals surface area (Å²) < 4.78 is 3.76. The summed E-state index contributed by atoms with van der Waals surface area (Å²) in [5.74, 6) is 0.894. The molecule has 3 heterocycles. The van der Waals surface area contributed by atoms with E-state index in [2.05, 4.69) is 162 Å². The first-order valence-electron chi connectivity index (χ1n) is 16.4. The summed E-state index contributed by atoms with van der Waals surface area (Å²) in [6, 6.07) is 55.4. The van der Waals surface area contributed by atoms with Gasteiger partial charge in [-0.15, -0.1) is 11.3 Å². The van der Waals surface area contributed by atoms with Crippen molar-refractivity contribution in [1.82, 2.24) is 4.57 Å². The second kappa shape index (κ2) is 9.77. The molecule has 1 unspecified atom stereocenters. The number of thiophene rings is 1. The Labute approximate surface area is 280 Å². The zero-order valence-electron chi connectivity index (χ0n) is 25.8. The van der Waals surface area contributed by atoms with Gasteiger partial charge in [-0.2, -0.15) is 0 Å². The monoisotopic (exact) mass is 629 g/mol. The van der Waals surface area contributed by atoms with E-state index >= 15 is 0 Å². The summed E-state index contributed by atoms with van der Waals surface area (Å²) in [5, 5.41) is 18.7. The number of amidine groups is 1. The highest BCUT2D eigenvalue weighted by Crippen LogP contribution is 2.48. The first-order valence-corrected chi connectivity index (χ1v) is 17.2. The number of nitrogens with one attached hydrogen (secondary N) is 1. The van der Waals surface area contributed by atoms with Crippen LogP contribution in [-0.2, 0) is 0 Å². The largest absolute Gasteiger partial charge is 0.331 e. The number of aliphatic imine (C=N–C) groups is 1. The van der Waals surface area contributed by atoms with E-state index in [1.165, 1.54) is 80.5 Å². The fraction of sp³-hybridized carbons (Fsp3) is 0.0227. The fourth-order valence-corrected chi connectivity index (χ4v) is 9.12. The molecule has 224 valence electrons. The summed E-state index contributed by atoms with van der Waals surface area (Å²) in [5.41, 5.74) is 4.70. The second-order valence-corrected chi connectivity index (χ2v) is 13.9. The molecule has 1 atom stereocenters. The lowest BCUT2D eigenvalue weighted by molar-refractivity contribution is 0.659. The fourth-order valence-electron chi connectivity index (χ4n) is 7.99. The number of anilines is 1. The third-order valence-corrected chi connectivity index (χ3v) is 11.3. The third-order valence-electron chi connectivity index (χ3n) is 10.2. The second-order valence-electron chi connectivity index (χ2n) is 12.8. The molecule has 0 fully saturated rings. The van der Waals surface area contributed by atoms with E-state index in [-0.39, 0.29) is 6.17 Å². The van der Waals surface area contributed by atoms with Crippen molar-refractivity contribution in [1.29, 1.82) is 0 Å². The molecule has 0 spiro atoms. The van der Waals surface area contributed by atoms with Crippen molar-refractivity contribution in [2.75, 3.05) is 5.32 Å². The van der Waals surface area contributed by atoms with Crippen LogP contribution >= 0.6 is 11.3 Å². The minimum Gasteiger partial charge on any atom is -0.331 e. The minimum absolute atomic E-state index is 0.266. The number of benzene rings is 8. The number of aromatic nitrogens is 1. The van der Waals surface area contributed by atoms with Crippen molar-refractivity contribution in [2.24, 2.45) is 4.99 Å². The molecule has 2 aromatic heterocycles. The summed E-state index contributed by atoms with van der Waals surface area (Å²) in [6.07, 6.45) is -0.266. The van der Waals surface area contributed by atoms with E-state index in [9.17, 15) is 0 Å². The van der Waals surface area contributed by atoms with Gasteiger partial charge in [0, 0.05) is 32.0 Å². The summed E-state index contributed by atoms with van der Waals surface area (Å²) >= 11 is 1.82. The molecule has 48 heavy (non-hydrogen) atoms. The molecule has 0 saturated carbocycles. The summed E-state index contributed by atoms with van der Waals surface area (Å²) in [7, 11) is 0. The Bertz CT molecular complexity index is 3000. The predicted molar refractivity (Wildman–Crippen MR) is 206 cm³/mol. The third kappa shape index (κ3) is 3.66. The van der Waals surface area contributed by atoms with Crippen LogP contribution in [0.4, 0.5) is 5.00 Å². The van der Waals surface area contributed by atoms with Crippen LogP contribution in [0, 0.1) is 0 Å². The van der Waals surface area contributed by atoms with Crippen molar-refractivity contribution in [2.45, 2.75) is 6.17 Å². The molecule has 4 heteroatoms. The number of rotatable bonds is 2. The van der Waals surface area contributed by atoms with Gasteiger partial charge in [0.15, 0.2) is 6.17 Å². The van der Waals surface area contributed by atoms with E-state index in [1.54, 1.807) is 0 Å². The highest BCUT2D eigenvalue weighted by Gasteiger charge is 2.31. The highest BCUT2D eigenvalue weighted by molar-refractivity contribution is 7.23. The van der Waals surface area contributed by atoms with Crippen LogP contribution in [0.3, 0.4) is 0 Å². The van der Waals surface area contributed by atoms with E-state index in [1.807, 2.05) is 11.3 Å². The van der Waals surface area contributed by atoms with E-state index < -0.39 is 0 Å². The maximum absolute atomic E-state index is 5.68. The SMILES string of the molecule is c1ccc2cc3c(cc2c1)c1c2ccccc2ccc1n3C1N=C(c2ccc3ccc4ccccc4c3c2)Nc2sc3ccccc3c21. The van der Waals surface area contributed by atoms with Crippen LogP contribution in [0.1, 0.15) is 17.3 Å². The molecule has 8 aromatic carbocycles. The van der Waals surface area contributed by atoms with Gasteiger partial charge >= 0.3 is 0 Å². The van der Waals surface area contributed by atoms with Crippen molar-refractivity contribution >= 4 is 97.2 Å². The van der Waals surface area contributed by atoms with Crippen LogP contribution in [0.25, 0.3) is 75.0 Å². The van der Waals surface area contributed by atoms with Gasteiger partial charge in [-0.1, -0.05) is 121 Å². The molecule has 0 amide bonds. The van der Waals surface area contributed by atoms with E-state index in [0.717, 1.165) is 16.4 Å². The van der Waals surface area contributed by atoms with Gasteiger partial charge in [0.1, 0.15) is 10.8 Å². The first kappa shape index (κ1) is 26.1. The Morgan fingerprint density at radius 2 is 1.12 bits per heavy atom. The van der Waals surface area contributed by atoms with Crippen molar-refractivity contribution in [3.05, 3.63) is 163 Å². The quantitative estimate of drug-likeness (QED) is 0.189. The molecule has 0 aliphatic carbocycles. The van der Waals surface area contributed by atoms with Crippen LogP contribution in [-0.4, -0.2) is 10.4 Å². The lowest BCUT2D eigenvalue weighted by atomic mass is 9.99. The van der Waals surface area contributed by atoms with Gasteiger partial charge in [-0.3, -0.25) is 0 Å². The number of hydrogen-bond acceptors (Lipinski definition) is 3.